The van der Waals surface area contributed by atoms with Crippen LogP contribution >= 0.6 is 15.9 Å². The van der Waals surface area contributed by atoms with Crippen molar-refractivity contribution in [3.63, 3.8) is 0 Å². The Morgan fingerprint density at radius 1 is 1.36 bits per heavy atom. The largest absolute Gasteiger partial charge is 0.381 e. The molecule has 0 spiro atoms. The van der Waals surface area contributed by atoms with Gasteiger partial charge >= 0.3 is 0 Å². The van der Waals surface area contributed by atoms with Crippen LogP contribution in [0.3, 0.4) is 0 Å². The van der Waals surface area contributed by atoms with Crippen LogP contribution in [0.4, 0.5) is 0 Å². The zero-order valence-corrected chi connectivity index (χ0v) is 15.0. The molecular weight excluding hydrogens is 342 g/mol. The minimum atomic E-state index is 0.0285. The molecule has 1 atom stereocenters. The van der Waals surface area contributed by atoms with E-state index in [1.54, 1.807) is 0 Å². The van der Waals surface area contributed by atoms with Gasteiger partial charge in [0, 0.05) is 29.1 Å². The van der Waals surface area contributed by atoms with Gasteiger partial charge in [-0.25, -0.2) is 0 Å². The number of ether oxygens (including phenoxy) is 1. The van der Waals surface area contributed by atoms with Gasteiger partial charge in [-0.05, 0) is 43.9 Å². The lowest BCUT2D eigenvalue weighted by molar-refractivity contribution is 0.0531. The lowest BCUT2D eigenvalue weighted by Crippen LogP contribution is -2.41. The maximum absolute atomic E-state index is 6.03. The number of guanidine groups is 1. The topological polar surface area (TPSA) is 59.6 Å². The van der Waals surface area contributed by atoms with Crippen molar-refractivity contribution in [2.24, 2.45) is 10.7 Å². The summed E-state index contributed by atoms with van der Waals surface area (Å²) in [4.78, 5) is 4.62. The van der Waals surface area contributed by atoms with Gasteiger partial charge in [-0.1, -0.05) is 35.0 Å². The molecule has 0 bridgehead atoms. The van der Waals surface area contributed by atoms with Crippen LogP contribution in [0.2, 0.25) is 0 Å². The van der Waals surface area contributed by atoms with Crippen molar-refractivity contribution in [3.8, 4) is 0 Å². The number of benzene rings is 1. The Hall–Kier alpha value is -1.07. The predicted molar refractivity (Wildman–Crippen MR) is 95.3 cm³/mol. The predicted octanol–water partition coefficient (Wildman–Crippen LogP) is 3.20. The lowest BCUT2D eigenvalue weighted by atomic mass is 9.74. The average Bonchev–Trinajstić information content (AvgIpc) is 2.54. The highest BCUT2D eigenvalue weighted by atomic mass is 79.9. The normalized spacial score (nSPS) is 19.7. The van der Waals surface area contributed by atoms with Gasteiger partial charge in [-0.15, -0.1) is 0 Å². The summed E-state index contributed by atoms with van der Waals surface area (Å²) in [5.74, 6) is 0.539. The molecule has 22 heavy (non-hydrogen) atoms. The second kappa shape index (κ2) is 7.97. The van der Waals surface area contributed by atoms with E-state index >= 15 is 0 Å². The Morgan fingerprint density at radius 3 is 2.59 bits per heavy atom. The smallest absolute Gasteiger partial charge is 0.188 e. The molecule has 1 aliphatic rings. The van der Waals surface area contributed by atoms with Gasteiger partial charge in [0.15, 0.2) is 5.96 Å². The van der Waals surface area contributed by atoms with Crippen molar-refractivity contribution in [2.75, 3.05) is 19.8 Å². The van der Waals surface area contributed by atoms with Gasteiger partial charge in [0.25, 0.3) is 0 Å². The van der Waals surface area contributed by atoms with Crippen LogP contribution in [0.5, 0.6) is 0 Å². The molecule has 1 aromatic carbocycles. The van der Waals surface area contributed by atoms with Gasteiger partial charge in [-0.3, -0.25) is 4.99 Å². The summed E-state index contributed by atoms with van der Waals surface area (Å²) in [6, 6.07) is 8.91. The zero-order chi connectivity index (χ0) is 16.0. The van der Waals surface area contributed by atoms with Gasteiger partial charge in [-0.2, -0.15) is 0 Å². The fourth-order valence-electron chi connectivity index (χ4n) is 2.74. The summed E-state index contributed by atoms with van der Waals surface area (Å²) in [6.07, 6.45) is 2.99. The summed E-state index contributed by atoms with van der Waals surface area (Å²) in [5, 5.41) is 3.24. The molecule has 2 rings (SSSR count). The lowest BCUT2D eigenvalue weighted by Gasteiger charge is -2.36. The number of nitrogens with one attached hydrogen (secondary N) is 1. The maximum Gasteiger partial charge on any atom is 0.188 e. The first kappa shape index (κ1) is 17.3. The summed E-state index contributed by atoms with van der Waals surface area (Å²) in [7, 11) is 0. The first-order valence-corrected chi connectivity index (χ1v) is 8.75. The molecule has 5 heteroatoms. The molecular formula is C17H26BrN3O. The van der Waals surface area contributed by atoms with E-state index < -0.39 is 0 Å². The second-order valence-corrected chi connectivity index (χ2v) is 6.97. The molecule has 0 aliphatic carbocycles. The van der Waals surface area contributed by atoms with Crippen molar-refractivity contribution < 1.29 is 4.74 Å². The van der Waals surface area contributed by atoms with Crippen LogP contribution < -0.4 is 11.1 Å². The highest BCUT2D eigenvalue weighted by Gasteiger charge is 2.34. The number of hydrogen-bond acceptors (Lipinski definition) is 2. The molecule has 4 nitrogen and oxygen atoms in total. The van der Waals surface area contributed by atoms with Crippen LogP contribution in [0.15, 0.2) is 33.7 Å². The third kappa shape index (κ3) is 4.46. The molecule has 1 heterocycles. The number of aliphatic imine (C=N–C) groups is 1. The molecule has 1 saturated heterocycles. The average molecular weight is 368 g/mol. The Labute approximate surface area is 141 Å². The molecule has 0 radical (unpaired) electrons. The van der Waals surface area contributed by atoms with Gasteiger partial charge in [0.1, 0.15) is 0 Å². The third-order valence-electron chi connectivity index (χ3n) is 4.47. The van der Waals surface area contributed by atoms with E-state index in [1.165, 1.54) is 5.56 Å². The quantitative estimate of drug-likeness (QED) is 0.620. The van der Waals surface area contributed by atoms with E-state index in [4.69, 9.17) is 10.5 Å². The maximum atomic E-state index is 6.03. The summed E-state index contributed by atoms with van der Waals surface area (Å²) >= 11 is 3.50. The van der Waals surface area contributed by atoms with Crippen molar-refractivity contribution in [1.82, 2.24) is 5.32 Å². The minimum Gasteiger partial charge on any atom is -0.381 e. The number of nitrogens with zero attached hydrogens (tertiary/aromatic N) is 1. The second-order valence-electron chi connectivity index (χ2n) is 6.05. The molecule has 1 unspecified atom stereocenters. The molecule has 0 amide bonds. The standard InChI is InChI=1S/C17H26BrN3O/c1-3-13(2)21-16(19)20-12-17(8-10-22-11-9-17)14-4-6-15(18)7-5-14/h4-7,13H,3,8-12H2,1-2H3,(H3,19,20,21). The summed E-state index contributed by atoms with van der Waals surface area (Å²) in [6.45, 7) is 6.51. The van der Waals surface area contributed by atoms with Gasteiger partial charge < -0.3 is 15.8 Å². The highest BCUT2D eigenvalue weighted by Crippen LogP contribution is 2.35. The van der Waals surface area contributed by atoms with E-state index in [9.17, 15) is 0 Å². The highest BCUT2D eigenvalue weighted by molar-refractivity contribution is 9.10. The molecule has 1 fully saturated rings. The van der Waals surface area contributed by atoms with Crippen molar-refractivity contribution in [1.29, 1.82) is 0 Å². The van der Waals surface area contributed by atoms with Crippen LogP contribution in [-0.4, -0.2) is 31.8 Å². The van der Waals surface area contributed by atoms with Crippen LogP contribution in [0, 0.1) is 0 Å². The Morgan fingerprint density at radius 2 is 2.00 bits per heavy atom. The van der Waals surface area contributed by atoms with Crippen molar-refractivity contribution >= 4 is 21.9 Å². The SMILES string of the molecule is CCC(C)NC(N)=NCC1(c2ccc(Br)cc2)CCOCC1. The molecule has 1 aliphatic heterocycles. The first-order valence-electron chi connectivity index (χ1n) is 7.96. The Balaban J connectivity index is 2.15. The number of rotatable bonds is 5. The number of hydrogen-bond donors (Lipinski definition) is 2. The fraction of sp³-hybridized carbons (Fsp3) is 0.588. The molecule has 0 saturated carbocycles. The van der Waals surface area contributed by atoms with Crippen LogP contribution in [0.25, 0.3) is 0 Å². The Kier molecular flexibility index (Phi) is 6.26. The molecule has 0 aromatic heterocycles. The van der Waals surface area contributed by atoms with Gasteiger partial charge in [0.2, 0.25) is 0 Å². The monoisotopic (exact) mass is 367 g/mol. The molecule has 1 aromatic rings. The fourth-order valence-corrected chi connectivity index (χ4v) is 3.00. The van der Waals surface area contributed by atoms with Crippen molar-refractivity contribution in [2.45, 2.75) is 44.6 Å². The van der Waals surface area contributed by atoms with Crippen molar-refractivity contribution in [3.05, 3.63) is 34.3 Å². The number of halogens is 1. The zero-order valence-electron chi connectivity index (χ0n) is 13.4. The Bertz CT molecular complexity index is 495. The van der Waals surface area contributed by atoms with E-state index in [2.05, 4.69) is 64.4 Å². The summed E-state index contributed by atoms with van der Waals surface area (Å²) < 4.78 is 6.65. The first-order chi connectivity index (χ1) is 10.6. The minimum absolute atomic E-state index is 0.0285. The molecule has 122 valence electrons. The third-order valence-corrected chi connectivity index (χ3v) is 4.99. The van der Waals surface area contributed by atoms with Gasteiger partial charge in [0.05, 0.1) is 6.54 Å². The number of nitrogens with two attached hydrogens (primary N) is 1. The summed E-state index contributed by atoms with van der Waals surface area (Å²) in [5.41, 5.74) is 7.38. The molecule has 3 N–H and O–H groups in total. The van der Waals surface area contributed by atoms with E-state index in [0.717, 1.165) is 36.9 Å². The van der Waals surface area contributed by atoms with Crippen LogP contribution in [-0.2, 0) is 10.2 Å². The van der Waals surface area contributed by atoms with Crippen LogP contribution in [0.1, 0.15) is 38.7 Å². The van der Waals surface area contributed by atoms with E-state index in [0.29, 0.717) is 18.5 Å². The van der Waals surface area contributed by atoms with E-state index in [-0.39, 0.29) is 5.41 Å². The van der Waals surface area contributed by atoms with E-state index in [1.807, 2.05) is 0 Å².